The Balaban J connectivity index is 2.25. The van der Waals surface area contributed by atoms with Crippen molar-refractivity contribution >= 4 is 17.8 Å². The molecular weight excluding hydrogens is 278 g/mol. The number of nitrogens with one attached hydrogen (secondary N) is 2. The van der Waals surface area contributed by atoms with Crippen LogP contribution in [-0.2, 0) is 11.2 Å². The lowest BCUT2D eigenvalue weighted by Gasteiger charge is -2.35. The van der Waals surface area contributed by atoms with Crippen LogP contribution < -0.4 is 10.6 Å². The number of imide groups is 1. The van der Waals surface area contributed by atoms with Crippen LogP contribution in [0.15, 0.2) is 35.3 Å². The second-order valence-corrected chi connectivity index (χ2v) is 5.71. The fourth-order valence-corrected chi connectivity index (χ4v) is 2.87. The van der Waals surface area contributed by atoms with Gasteiger partial charge in [-0.05, 0) is 31.7 Å². The van der Waals surface area contributed by atoms with Crippen LogP contribution in [0.2, 0.25) is 0 Å². The van der Waals surface area contributed by atoms with Gasteiger partial charge in [0.15, 0.2) is 0 Å². The third-order valence-electron chi connectivity index (χ3n) is 4.28. The first kappa shape index (κ1) is 16.2. The fraction of sp³-hybridized carbons (Fsp3) is 0.471. The molecule has 1 atom stereocenters. The van der Waals surface area contributed by atoms with Gasteiger partial charge in [0.05, 0.1) is 6.04 Å². The van der Waals surface area contributed by atoms with Crippen LogP contribution >= 0.6 is 0 Å². The van der Waals surface area contributed by atoms with Crippen LogP contribution in [0.25, 0.3) is 0 Å². The number of amides is 3. The Morgan fingerprint density at radius 2 is 1.73 bits per heavy atom. The second kappa shape index (κ2) is 6.73. The predicted octanol–water partition coefficient (Wildman–Crippen LogP) is 2.66. The third-order valence-corrected chi connectivity index (χ3v) is 4.28. The first-order chi connectivity index (χ1) is 10.5. The maximum absolute atomic E-state index is 12.3. The van der Waals surface area contributed by atoms with Gasteiger partial charge in [-0.15, -0.1) is 0 Å². The monoisotopic (exact) mass is 301 g/mol. The Kier molecular flexibility index (Phi) is 4.96. The Morgan fingerprint density at radius 3 is 2.32 bits per heavy atom. The normalized spacial score (nSPS) is 20.4. The number of carbonyl (C=O) groups excluding carboxylic acids is 2. The highest BCUT2D eigenvalue weighted by Gasteiger charge is 2.45. The Morgan fingerprint density at radius 1 is 1.09 bits per heavy atom. The number of hydrogen-bond donors (Lipinski definition) is 2. The topological polar surface area (TPSA) is 70.6 Å². The molecule has 3 amide bonds. The molecule has 0 spiro atoms. The number of benzene rings is 1. The zero-order valence-electron chi connectivity index (χ0n) is 13.3. The van der Waals surface area contributed by atoms with E-state index in [9.17, 15) is 9.59 Å². The second-order valence-electron chi connectivity index (χ2n) is 5.71. The molecule has 1 heterocycles. The number of aliphatic imine (C=N–C) groups is 1. The van der Waals surface area contributed by atoms with Crippen molar-refractivity contribution in [3.63, 3.8) is 0 Å². The number of rotatable bonds is 5. The van der Waals surface area contributed by atoms with Gasteiger partial charge in [0.1, 0.15) is 11.3 Å². The summed E-state index contributed by atoms with van der Waals surface area (Å²) in [4.78, 5) is 28.6. The van der Waals surface area contributed by atoms with Crippen LogP contribution in [0.4, 0.5) is 4.79 Å². The minimum Gasteiger partial charge on any atom is -0.295 e. The van der Waals surface area contributed by atoms with Crippen molar-refractivity contribution in [2.75, 3.05) is 0 Å². The smallest absolute Gasteiger partial charge is 0.295 e. The first-order valence-corrected chi connectivity index (χ1v) is 7.76. The molecule has 0 aromatic heterocycles. The quantitative estimate of drug-likeness (QED) is 0.877. The number of carbonyl (C=O) groups is 2. The summed E-state index contributed by atoms with van der Waals surface area (Å²) in [5.74, 6) is 0.238. The van der Waals surface area contributed by atoms with E-state index < -0.39 is 11.4 Å². The summed E-state index contributed by atoms with van der Waals surface area (Å²) in [6.45, 7) is 5.88. The van der Waals surface area contributed by atoms with Gasteiger partial charge in [-0.2, -0.15) is 0 Å². The molecule has 1 aliphatic rings. The predicted molar refractivity (Wildman–Crippen MR) is 86.7 cm³/mol. The van der Waals surface area contributed by atoms with E-state index >= 15 is 0 Å². The van der Waals surface area contributed by atoms with E-state index in [0.717, 1.165) is 6.42 Å². The number of hydrogen-bond acceptors (Lipinski definition) is 3. The van der Waals surface area contributed by atoms with Crippen molar-refractivity contribution < 1.29 is 9.59 Å². The molecule has 1 aliphatic heterocycles. The average Bonchev–Trinajstić information content (AvgIpc) is 2.49. The molecule has 1 fully saturated rings. The molecule has 0 aliphatic carbocycles. The van der Waals surface area contributed by atoms with Crippen molar-refractivity contribution in [3.8, 4) is 0 Å². The van der Waals surface area contributed by atoms with E-state index in [1.807, 2.05) is 39.0 Å². The lowest BCUT2D eigenvalue weighted by Crippen LogP contribution is -2.62. The third kappa shape index (κ3) is 3.18. The molecule has 1 aromatic carbocycles. The average molecular weight is 301 g/mol. The van der Waals surface area contributed by atoms with Crippen molar-refractivity contribution in [2.45, 2.75) is 46.1 Å². The van der Waals surface area contributed by atoms with E-state index in [2.05, 4.69) is 27.8 Å². The number of amidine groups is 1. The molecule has 5 nitrogen and oxygen atoms in total. The molecular formula is C17H23N3O2. The van der Waals surface area contributed by atoms with Crippen LogP contribution in [0.3, 0.4) is 0 Å². The summed E-state index contributed by atoms with van der Waals surface area (Å²) in [7, 11) is 0. The summed E-state index contributed by atoms with van der Waals surface area (Å²) in [6.07, 6.45) is 1.98. The van der Waals surface area contributed by atoms with Gasteiger partial charge in [-0.1, -0.05) is 44.2 Å². The highest BCUT2D eigenvalue weighted by molar-refractivity contribution is 6.21. The molecule has 118 valence electrons. The van der Waals surface area contributed by atoms with E-state index in [1.165, 1.54) is 5.56 Å². The molecule has 2 N–H and O–H groups in total. The molecule has 1 unspecified atom stereocenters. The molecule has 0 bridgehead atoms. The molecule has 1 aromatic rings. The molecule has 5 heteroatoms. The standard InChI is InChI=1S/C17H23N3O2/c1-4-17(5-2)14(19-16(22)20-15(17)21)18-12(3)11-13-9-7-6-8-10-13/h6-10,12H,4-5,11H2,1-3H3,(H2,18,19,20,21,22). The van der Waals surface area contributed by atoms with Crippen molar-refractivity contribution in [1.82, 2.24) is 10.6 Å². The number of nitrogens with zero attached hydrogens (tertiary/aromatic N) is 1. The van der Waals surface area contributed by atoms with Crippen LogP contribution in [0, 0.1) is 5.41 Å². The Bertz CT molecular complexity index is 577. The summed E-state index contributed by atoms with van der Waals surface area (Å²) in [6, 6.07) is 9.56. The van der Waals surface area contributed by atoms with Crippen molar-refractivity contribution in [1.29, 1.82) is 0 Å². The minimum atomic E-state index is -0.737. The Hall–Kier alpha value is -2.17. The summed E-state index contributed by atoms with van der Waals surface area (Å²) >= 11 is 0. The van der Waals surface area contributed by atoms with Gasteiger partial charge in [0.25, 0.3) is 0 Å². The summed E-state index contributed by atoms with van der Waals surface area (Å²) in [5, 5.41) is 5.09. The van der Waals surface area contributed by atoms with Gasteiger partial charge < -0.3 is 0 Å². The van der Waals surface area contributed by atoms with Gasteiger partial charge in [0.2, 0.25) is 5.91 Å². The SMILES string of the molecule is CCC1(CC)C(=O)NC(=O)NC1=NC(C)Cc1ccccc1. The summed E-state index contributed by atoms with van der Waals surface area (Å²) < 4.78 is 0. The lowest BCUT2D eigenvalue weighted by atomic mass is 9.78. The molecule has 22 heavy (non-hydrogen) atoms. The minimum absolute atomic E-state index is 0.0129. The van der Waals surface area contributed by atoms with Gasteiger partial charge in [0, 0.05) is 0 Å². The van der Waals surface area contributed by atoms with Crippen LogP contribution in [0.5, 0.6) is 0 Å². The fourth-order valence-electron chi connectivity index (χ4n) is 2.87. The van der Waals surface area contributed by atoms with Gasteiger partial charge in [-0.3, -0.25) is 20.4 Å². The Labute approximate surface area is 131 Å². The number of urea groups is 1. The van der Waals surface area contributed by atoms with Crippen LogP contribution in [0.1, 0.15) is 39.2 Å². The maximum atomic E-state index is 12.3. The molecule has 2 rings (SSSR count). The van der Waals surface area contributed by atoms with Crippen LogP contribution in [-0.4, -0.2) is 23.8 Å². The van der Waals surface area contributed by atoms with Gasteiger partial charge in [-0.25, -0.2) is 4.79 Å². The maximum Gasteiger partial charge on any atom is 0.326 e. The molecule has 0 radical (unpaired) electrons. The van der Waals surface area contributed by atoms with E-state index in [-0.39, 0.29) is 11.9 Å². The van der Waals surface area contributed by atoms with Crippen molar-refractivity contribution in [2.24, 2.45) is 10.4 Å². The van der Waals surface area contributed by atoms with E-state index in [1.54, 1.807) is 0 Å². The highest BCUT2D eigenvalue weighted by atomic mass is 16.2. The summed E-state index contributed by atoms with van der Waals surface area (Å²) in [5.41, 5.74) is 0.448. The molecule has 0 saturated carbocycles. The highest BCUT2D eigenvalue weighted by Crippen LogP contribution is 2.30. The van der Waals surface area contributed by atoms with E-state index in [0.29, 0.717) is 18.7 Å². The zero-order valence-corrected chi connectivity index (χ0v) is 13.3. The lowest BCUT2D eigenvalue weighted by molar-refractivity contribution is -0.127. The van der Waals surface area contributed by atoms with Crippen molar-refractivity contribution in [3.05, 3.63) is 35.9 Å². The largest absolute Gasteiger partial charge is 0.326 e. The molecule has 1 saturated heterocycles. The zero-order chi connectivity index (χ0) is 16.2. The first-order valence-electron chi connectivity index (χ1n) is 7.76. The van der Waals surface area contributed by atoms with E-state index in [4.69, 9.17) is 0 Å². The van der Waals surface area contributed by atoms with Gasteiger partial charge >= 0.3 is 6.03 Å².